The zero-order valence-electron chi connectivity index (χ0n) is 15.8. The summed E-state index contributed by atoms with van der Waals surface area (Å²) in [5, 5.41) is 13.1. The molecule has 2 N–H and O–H groups in total. The summed E-state index contributed by atoms with van der Waals surface area (Å²) in [7, 11) is 0. The number of carbonyl (C=O) groups excluding carboxylic acids is 1. The van der Waals surface area contributed by atoms with Crippen molar-refractivity contribution in [3.05, 3.63) is 43.0 Å². The highest BCUT2D eigenvalue weighted by Gasteiger charge is 2.32. The molecular weight excluding hydrogens is 338 g/mol. The third-order valence-corrected chi connectivity index (χ3v) is 6.31. The Hall–Kier alpha value is -2.14. The van der Waals surface area contributed by atoms with Crippen molar-refractivity contribution < 1.29 is 9.90 Å². The molecule has 0 spiro atoms. The Morgan fingerprint density at radius 1 is 1.19 bits per heavy atom. The molecule has 3 atom stereocenters. The summed E-state index contributed by atoms with van der Waals surface area (Å²) in [6.45, 7) is 0. The van der Waals surface area contributed by atoms with Crippen LogP contribution < -0.4 is 5.32 Å². The monoisotopic (exact) mass is 367 g/mol. The van der Waals surface area contributed by atoms with Crippen LogP contribution in [-0.4, -0.2) is 26.7 Å². The minimum Gasteiger partial charge on any atom is -0.383 e. The van der Waals surface area contributed by atoms with Crippen LogP contribution in [0.4, 0.5) is 5.69 Å². The highest BCUT2D eigenvalue weighted by molar-refractivity contribution is 5.94. The number of anilines is 1. The van der Waals surface area contributed by atoms with E-state index in [4.69, 9.17) is 0 Å². The summed E-state index contributed by atoms with van der Waals surface area (Å²) in [5.74, 6) is 2.16. The second-order valence-corrected chi connectivity index (χ2v) is 8.34. The van der Waals surface area contributed by atoms with Crippen molar-refractivity contribution in [2.24, 2.45) is 17.8 Å². The first-order valence-corrected chi connectivity index (χ1v) is 10.2. The molecule has 0 saturated heterocycles. The van der Waals surface area contributed by atoms with E-state index in [1.807, 2.05) is 35.0 Å². The van der Waals surface area contributed by atoms with Gasteiger partial charge in [0.1, 0.15) is 6.10 Å². The van der Waals surface area contributed by atoms with E-state index in [2.05, 4.69) is 10.3 Å². The van der Waals surface area contributed by atoms with Gasteiger partial charge >= 0.3 is 0 Å². The molecule has 1 aromatic carbocycles. The molecule has 1 aromatic heterocycles. The minimum atomic E-state index is -0.930. The van der Waals surface area contributed by atoms with Crippen LogP contribution in [0.15, 0.2) is 43.0 Å². The van der Waals surface area contributed by atoms with Gasteiger partial charge in [0, 0.05) is 23.8 Å². The first-order valence-electron chi connectivity index (χ1n) is 10.2. The lowest BCUT2D eigenvalue weighted by Crippen LogP contribution is -2.30. The molecule has 3 unspecified atom stereocenters. The van der Waals surface area contributed by atoms with Gasteiger partial charge in [0.2, 0.25) is 0 Å². The number of nitrogens with zero attached hydrogens (tertiary/aromatic N) is 2. The zero-order valence-corrected chi connectivity index (χ0v) is 15.8. The van der Waals surface area contributed by atoms with E-state index in [1.54, 1.807) is 12.5 Å². The summed E-state index contributed by atoms with van der Waals surface area (Å²) in [5.41, 5.74) is 1.68. The van der Waals surface area contributed by atoms with Crippen LogP contribution in [0.25, 0.3) is 5.69 Å². The summed E-state index contributed by atoms with van der Waals surface area (Å²) < 4.78 is 1.90. The van der Waals surface area contributed by atoms with Gasteiger partial charge in [-0.1, -0.05) is 19.3 Å². The normalized spacial score (nSPS) is 25.7. The Morgan fingerprint density at radius 2 is 1.93 bits per heavy atom. The van der Waals surface area contributed by atoms with Gasteiger partial charge in [-0.25, -0.2) is 4.98 Å². The van der Waals surface area contributed by atoms with E-state index < -0.39 is 6.10 Å². The van der Waals surface area contributed by atoms with Crippen LogP contribution >= 0.6 is 0 Å². The Labute approximate surface area is 160 Å². The van der Waals surface area contributed by atoms with Crippen LogP contribution in [0.3, 0.4) is 0 Å². The molecule has 2 aromatic rings. The predicted molar refractivity (Wildman–Crippen MR) is 106 cm³/mol. The Morgan fingerprint density at radius 3 is 2.59 bits per heavy atom. The summed E-state index contributed by atoms with van der Waals surface area (Å²) in [4.78, 5) is 16.3. The molecule has 2 aliphatic rings. The number of hydrogen-bond acceptors (Lipinski definition) is 3. The predicted octanol–water partition coefficient (Wildman–Crippen LogP) is 4.17. The lowest BCUT2D eigenvalue weighted by atomic mass is 9.67. The second-order valence-electron chi connectivity index (χ2n) is 8.34. The highest BCUT2D eigenvalue weighted by atomic mass is 16.3. The number of amides is 1. The van der Waals surface area contributed by atoms with Gasteiger partial charge in [-0.3, -0.25) is 4.79 Å². The molecule has 2 aliphatic carbocycles. The van der Waals surface area contributed by atoms with E-state index in [0.717, 1.165) is 23.9 Å². The Kier molecular flexibility index (Phi) is 5.58. The average Bonchev–Trinajstić information content (AvgIpc) is 3.21. The molecule has 1 heterocycles. The number of imidazole rings is 1. The van der Waals surface area contributed by atoms with Gasteiger partial charge < -0.3 is 15.0 Å². The SMILES string of the molecule is O=C(Nc1ccc(-n2ccnc2)cc1)C(O)CCC1CC2CCCC(C2)C1. The molecule has 2 saturated carbocycles. The molecule has 2 fully saturated rings. The van der Waals surface area contributed by atoms with Gasteiger partial charge in [-0.05, 0) is 74.1 Å². The topological polar surface area (TPSA) is 67.2 Å². The fourth-order valence-electron chi connectivity index (χ4n) is 4.98. The quantitative estimate of drug-likeness (QED) is 0.805. The van der Waals surface area contributed by atoms with Crippen LogP contribution in [0.2, 0.25) is 0 Å². The maximum atomic E-state index is 12.3. The molecule has 5 heteroatoms. The van der Waals surface area contributed by atoms with Crippen LogP contribution in [0.5, 0.6) is 0 Å². The molecule has 0 aliphatic heterocycles. The molecule has 2 bridgehead atoms. The van der Waals surface area contributed by atoms with Gasteiger partial charge in [-0.15, -0.1) is 0 Å². The van der Waals surface area contributed by atoms with Crippen molar-refractivity contribution >= 4 is 11.6 Å². The molecule has 1 amide bonds. The number of benzene rings is 1. The first-order chi connectivity index (χ1) is 13.2. The van der Waals surface area contributed by atoms with E-state index in [9.17, 15) is 9.90 Å². The fraction of sp³-hybridized carbons (Fsp3) is 0.545. The van der Waals surface area contributed by atoms with Crippen molar-refractivity contribution in [1.29, 1.82) is 0 Å². The maximum Gasteiger partial charge on any atom is 0.253 e. The number of carbonyl (C=O) groups is 1. The highest BCUT2D eigenvalue weighted by Crippen LogP contribution is 2.43. The van der Waals surface area contributed by atoms with Crippen molar-refractivity contribution in [3.8, 4) is 5.69 Å². The first kappa shape index (κ1) is 18.2. The Bertz CT molecular complexity index is 729. The van der Waals surface area contributed by atoms with Gasteiger partial charge in [0.05, 0.1) is 6.33 Å². The maximum absolute atomic E-state index is 12.3. The number of fused-ring (bicyclic) bond motifs is 2. The van der Waals surface area contributed by atoms with E-state index >= 15 is 0 Å². The van der Waals surface area contributed by atoms with Gasteiger partial charge in [0.25, 0.3) is 5.91 Å². The number of aliphatic hydroxyl groups is 1. The lowest BCUT2D eigenvalue weighted by Gasteiger charge is -2.39. The number of nitrogens with one attached hydrogen (secondary N) is 1. The zero-order chi connectivity index (χ0) is 18.6. The number of aliphatic hydroxyl groups excluding tert-OH is 1. The molecular formula is C22H29N3O2. The van der Waals surface area contributed by atoms with Crippen molar-refractivity contribution in [1.82, 2.24) is 9.55 Å². The summed E-state index contributed by atoms with van der Waals surface area (Å²) in [6, 6.07) is 7.54. The van der Waals surface area contributed by atoms with E-state index in [0.29, 0.717) is 18.0 Å². The second kappa shape index (κ2) is 8.26. The largest absolute Gasteiger partial charge is 0.383 e. The van der Waals surface area contributed by atoms with Crippen molar-refractivity contribution in [3.63, 3.8) is 0 Å². The molecule has 5 nitrogen and oxygen atoms in total. The number of rotatable bonds is 6. The lowest BCUT2D eigenvalue weighted by molar-refractivity contribution is -0.124. The fourth-order valence-corrected chi connectivity index (χ4v) is 4.98. The standard InChI is InChI=1S/C22H29N3O2/c26-21(9-4-18-13-16-2-1-3-17(12-16)14-18)22(27)24-19-5-7-20(8-6-19)25-11-10-23-15-25/h5-8,10-11,15-18,21,26H,1-4,9,12-14H2,(H,24,27). The third-order valence-electron chi connectivity index (χ3n) is 6.31. The molecule has 4 rings (SSSR count). The van der Waals surface area contributed by atoms with Gasteiger partial charge in [-0.2, -0.15) is 0 Å². The average molecular weight is 367 g/mol. The number of aromatic nitrogens is 2. The van der Waals surface area contributed by atoms with E-state index in [1.165, 1.54) is 38.5 Å². The summed E-state index contributed by atoms with van der Waals surface area (Å²) >= 11 is 0. The smallest absolute Gasteiger partial charge is 0.253 e. The van der Waals surface area contributed by atoms with E-state index in [-0.39, 0.29) is 5.91 Å². The van der Waals surface area contributed by atoms with Crippen molar-refractivity contribution in [2.45, 2.75) is 57.5 Å². The Balaban J connectivity index is 1.25. The summed E-state index contributed by atoms with van der Waals surface area (Å²) in [6.07, 6.45) is 14.1. The molecule has 144 valence electrons. The van der Waals surface area contributed by atoms with Crippen molar-refractivity contribution in [2.75, 3.05) is 5.32 Å². The van der Waals surface area contributed by atoms with Crippen LogP contribution in [0, 0.1) is 17.8 Å². The van der Waals surface area contributed by atoms with Crippen LogP contribution in [-0.2, 0) is 4.79 Å². The minimum absolute atomic E-state index is 0.304. The molecule has 27 heavy (non-hydrogen) atoms. The number of hydrogen-bond donors (Lipinski definition) is 2. The third kappa shape index (κ3) is 4.59. The van der Waals surface area contributed by atoms with Crippen LogP contribution in [0.1, 0.15) is 51.4 Å². The van der Waals surface area contributed by atoms with Gasteiger partial charge in [0.15, 0.2) is 0 Å². The molecule has 0 radical (unpaired) electrons.